The summed E-state index contributed by atoms with van der Waals surface area (Å²) >= 11 is 0. The monoisotopic (exact) mass is 391 g/mol. The van der Waals surface area contributed by atoms with E-state index in [1.807, 2.05) is 18.2 Å². The molecule has 6 nitrogen and oxygen atoms in total. The average molecular weight is 391 g/mol. The van der Waals surface area contributed by atoms with Gasteiger partial charge in [0.1, 0.15) is 6.61 Å². The Balaban J connectivity index is 1.63. The normalized spacial score (nSPS) is 19.1. The number of carbonyl (C=O) groups excluding carboxylic acids is 1. The number of benzene rings is 1. The zero-order valence-electron chi connectivity index (χ0n) is 15.7. The Bertz CT molecular complexity index is 818. The van der Waals surface area contributed by atoms with Crippen LogP contribution in [0, 0.1) is 0 Å². The first-order valence-electron chi connectivity index (χ1n) is 8.99. The van der Waals surface area contributed by atoms with Crippen LogP contribution in [0.3, 0.4) is 0 Å². The molecule has 1 amide bonds. The molecule has 0 saturated carbocycles. The Labute approximate surface area is 162 Å². The number of aromatic nitrogens is 1. The van der Waals surface area contributed by atoms with E-state index < -0.39 is 30.8 Å². The molecule has 28 heavy (non-hydrogen) atoms. The van der Waals surface area contributed by atoms with Gasteiger partial charge in [0.25, 0.3) is 5.92 Å². The molecular formula is C20H23F2N3O3. The number of rotatable bonds is 7. The average Bonchev–Trinajstić information content (AvgIpc) is 3.07. The third-order valence-electron chi connectivity index (χ3n) is 4.62. The molecule has 1 aliphatic heterocycles. The van der Waals surface area contributed by atoms with E-state index in [2.05, 4.69) is 15.6 Å². The van der Waals surface area contributed by atoms with Gasteiger partial charge in [-0.3, -0.25) is 15.1 Å². The van der Waals surface area contributed by atoms with Crippen LogP contribution in [-0.2, 0) is 11.4 Å². The van der Waals surface area contributed by atoms with E-state index in [0.29, 0.717) is 18.1 Å². The van der Waals surface area contributed by atoms with Crippen LogP contribution in [0.2, 0.25) is 0 Å². The van der Waals surface area contributed by atoms with Gasteiger partial charge in [0.15, 0.2) is 11.5 Å². The molecule has 1 aromatic heterocycles. The van der Waals surface area contributed by atoms with Gasteiger partial charge in [-0.25, -0.2) is 8.78 Å². The lowest BCUT2D eigenvalue weighted by atomic mass is 10.1. The second-order valence-corrected chi connectivity index (χ2v) is 6.78. The van der Waals surface area contributed by atoms with Crippen LogP contribution in [0.15, 0.2) is 42.7 Å². The van der Waals surface area contributed by atoms with Gasteiger partial charge in [-0.15, -0.1) is 0 Å². The maximum Gasteiger partial charge on any atom is 0.262 e. The highest BCUT2D eigenvalue weighted by Crippen LogP contribution is 2.31. The summed E-state index contributed by atoms with van der Waals surface area (Å²) in [6.07, 6.45) is 2.90. The Morgan fingerprint density at radius 2 is 2.07 bits per heavy atom. The van der Waals surface area contributed by atoms with Crippen LogP contribution in [-0.4, -0.2) is 36.5 Å². The Morgan fingerprint density at radius 1 is 1.32 bits per heavy atom. The van der Waals surface area contributed by atoms with Crippen LogP contribution < -0.4 is 20.1 Å². The van der Waals surface area contributed by atoms with Gasteiger partial charge in [0.05, 0.1) is 25.7 Å². The molecule has 0 radical (unpaired) electrons. The van der Waals surface area contributed by atoms with Crippen molar-refractivity contribution in [3.05, 3.63) is 53.9 Å². The third kappa shape index (κ3) is 4.95. The molecular weight excluding hydrogens is 368 g/mol. The molecule has 0 bridgehead atoms. The molecule has 2 heterocycles. The van der Waals surface area contributed by atoms with Crippen molar-refractivity contribution in [2.45, 2.75) is 38.0 Å². The summed E-state index contributed by atoms with van der Waals surface area (Å²) in [7, 11) is 1.53. The topological polar surface area (TPSA) is 72.5 Å². The molecule has 2 unspecified atom stereocenters. The quantitative estimate of drug-likeness (QED) is 0.759. The van der Waals surface area contributed by atoms with E-state index in [1.54, 1.807) is 31.5 Å². The lowest BCUT2D eigenvalue weighted by molar-refractivity contribution is -0.124. The molecule has 1 aliphatic rings. The van der Waals surface area contributed by atoms with E-state index in [1.165, 1.54) is 7.11 Å². The number of amides is 1. The molecule has 1 fully saturated rings. The van der Waals surface area contributed by atoms with Gasteiger partial charge >= 0.3 is 0 Å². The van der Waals surface area contributed by atoms with Gasteiger partial charge < -0.3 is 14.8 Å². The fourth-order valence-electron chi connectivity index (χ4n) is 3.01. The molecule has 2 atom stereocenters. The number of ether oxygens (including phenoxy) is 2. The summed E-state index contributed by atoms with van der Waals surface area (Å²) in [5, 5.41) is 5.32. The fraction of sp³-hybridized carbons (Fsp3) is 0.400. The summed E-state index contributed by atoms with van der Waals surface area (Å²) < 4.78 is 37.8. The van der Waals surface area contributed by atoms with Gasteiger partial charge in [-0.2, -0.15) is 0 Å². The van der Waals surface area contributed by atoms with E-state index in [9.17, 15) is 13.6 Å². The Hall–Kier alpha value is -2.74. The SMILES string of the molecule is COc1cc(C(C)NC(=O)C2CC(F)(F)CN2)ccc1OCc1ccncc1. The third-order valence-corrected chi connectivity index (χ3v) is 4.62. The number of methoxy groups -OCH3 is 1. The fourth-order valence-corrected chi connectivity index (χ4v) is 3.01. The van der Waals surface area contributed by atoms with Crippen molar-refractivity contribution in [2.24, 2.45) is 0 Å². The minimum atomic E-state index is -2.84. The molecule has 0 spiro atoms. The van der Waals surface area contributed by atoms with Crippen LogP contribution in [0.4, 0.5) is 8.78 Å². The number of hydrogen-bond donors (Lipinski definition) is 2. The Kier molecular flexibility index (Phi) is 6.08. The first kappa shape index (κ1) is 20.0. The zero-order valence-corrected chi connectivity index (χ0v) is 15.7. The largest absolute Gasteiger partial charge is 0.493 e. The predicted molar refractivity (Wildman–Crippen MR) is 99.5 cm³/mol. The van der Waals surface area contributed by atoms with Crippen LogP contribution in [0.25, 0.3) is 0 Å². The van der Waals surface area contributed by atoms with Crippen molar-refractivity contribution < 1.29 is 23.0 Å². The number of nitrogens with zero attached hydrogens (tertiary/aromatic N) is 1. The van der Waals surface area contributed by atoms with Gasteiger partial charge in [-0.1, -0.05) is 6.07 Å². The minimum absolute atomic E-state index is 0.367. The van der Waals surface area contributed by atoms with E-state index in [4.69, 9.17) is 9.47 Å². The molecule has 150 valence electrons. The number of hydrogen-bond acceptors (Lipinski definition) is 5. The highest BCUT2D eigenvalue weighted by atomic mass is 19.3. The van der Waals surface area contributed by atoms with Crippen molar-refractivity contribution in [1.29, 1.82) is 0 Å². The van der Waals surface area contributed by atoms with E-state index in [-0.39, 0.29) is 6.04 Å². The highest BCUT2D eigenvalue weighted by Gasteiger charge is 2.42. The molecule has 0 aliphatic carbocycles. The lowest BCUT2D eigenvalue weighted by Gasteiger charge is -2.19. The first-order chi connectivity index (χ1) is 13.4. The minimum Gasteiger partial charge on any atom is -0.493 e. The predicted octanol–water partition coefficient (Wildman–Crippen LogP) is 2.84. The standard InChI is InChI=1S/C20H23F2N3O3/c1-13(25-19(26)16-10-20(21,22)12-24-16)15-3-4-17(18(9-15)27-2)28-11-14-5-7-23-8-6-14/h3-9,13,16,24H,10-12H2,1-2H3,(H,25,26). The van der Waals surface area contributed by atoms with Crippen LogP contribution >= 0.6 is 0 Å². The maximum absolute atomic E-state index is 13.3. The van der Waals surface area contributed by atoms with Crippen LogP contribution in [0.5, 0.6) is 11.5 Å². The molecule has 1 saturated heterocycles. The molecule has 3 rings (SSSR count). The van der Waals surface area contributed by atoms with Crippen LogP contribution in [0.1, 0.15) is 30.5 Å². The number of pyridine rings is 1. The molecule has 8 heteroatoms. The van der Waals surface area contributed by atoms with Crippen molar-refractivity contribution in [2.75, 3.05) is 13.7 Å². The summed E-state index contributed by atoms with van der Waals surface area (Å²) in [4.78, 5) is 16.2. The van der Waals surface area contributed by atoms with Crippen molar-refractivity contribution in [1.82, 2.24) is 15.6 Å². The number of halogens is 2. The van der Waals surface area contributed by atoms with Crippen molar-refractivity contribution in [3.8, 4) is 11.5 Å². The first-order valence-corrected chi connectivity index (χ1v) is 8.99. The zero-order chi connectivity index (χ0) is 20.1. The second kappa shape index (κ2) is 8.52. The molecule has 2 N–H and O–H groups in total. The van der Waals surface area contributed by atoms with Gasteiger partial charge in [0, 0.05) is 18.8 Å². The Morgan fingerprint density at radius 3 is 2.71 bits per heavy atom. The van der Waals surface area contributed by atoms with E-state index >= 15 is 0 Å². The smallest absolute Gasteiger partial charge is 0.262 e. The van der Waals surface area contributed by atoms with Crippen molar-refractivity contribution >= 4 is 5.91 Å². The summed E-state index contributed by atoms with van der Waals surface area (Å²) in [6, 6.07) is 7.81. The second-order valence-electron chi connectivity index (χ2n) is 6.78. The van der Waals surface area contributed by atoms with E-state index in [0.717, 1.165) is 11.1 Å². The van der Waals surface area contributed by atoms with Gasteiger partial charge in [0.2, 0.25) is 5.91 Å². The maximum atomic E-state index is 13.3. The molecule has 2 aromatic rings. The highest BCUT2D eigenvalue weighted by molar-refractivity contribution is 5.82. The number of alkyl halides is 2. The molecule has 1 aromatic carbocycles. The van der Waals surface area contributed by atoms with Gasteiger partial charge in [-0.05, 0) is 42.3 Å². The lowest BCUT2D eigenvalue weighted by Crippen LogP contribution is -2.41. The summed E-state index contributed by atoms with van der Waals surface area (Å²) in [5.74, 6) is -2.19. The summed E-state index contributed by atoms with van der Waals surface area (Å²) in [5.41, 5.74) is 1.76. The van der Waals surface area contributed by atoms with Crippen molar-refractivity contribution in [3.63, 3.8) is 0 Å². The number of carbonyl (C=O) groups is 1. The summed E-state index contributed by atoms with van der Waals surface area (Å²) in [6.45, 7) is 1.68. The number of nitrogens with one attached hydrogen (secondary N) is 2.